The van der Waals surface area contributed by atoms with Crippen molar-refractivity contribution in [2.75, 3.05) is 62.8 Å². The Morgan fingerprint density at radius 3 is 2.42 bits per heavy atom. The van der Waals surface area contributed by atoms with E-state index in [1.54, 1.807) is 12.1 Å². The number of benzene rings is 2. The number of nitrogens with zero attached hydrogens (tertiary/aromatic N) is 2. The smallest absolute Gasteiger partial charge is 0.125 e. The molecule has 1 atom stereocenters. The van der Waals surface area contributed by atoms with Crippen LogP contribution in [0.15, 0.2) is 43.0 Å². The Bertz CT molecular complexity index is 1030. The zero-order valence-electron chi connectivity index (χ0n) is 19.7. The number of nitrogens with one attached hydrogen (secondary N) is 1. The summed E-state index contributed by atoms with van der Waals surface area (Å²) < 4.78 is 25.6. The summed E-state index contributed by atoms with van der Waals surface area (Å²) in [5, 5.41) is 3.70. The second kappa shape index (κ2) is 8.99. The normalized spacial score (nSPS) is 22.5. The molecule has 1 unspecified atom stereocenters. The lowest BCUT2D eigenvalue weighted by Crippen LogP contribution is -2.36. The van der Waals surface area contributed by atoms with E-state index in [0.717, 1.165) is 74.0 Å². The van der Waals surface area contributed by atoms with Gasteiger partial charge in [-0.1, -0.05) is 26.5 Å². The third-order valence-electron chi connectivity index (χ3n) is 7.20. The molecule has 5 nitrogen and oxygen atoms in total. The van der Waals surface area contributed by atoms with Gasteiger partial charge < -0.3 is 24.6 Å². The van der Waals surface area contributed by atoms with Crippen LogP contribution in [-0.2, 0) is 14.9 Å². The van der Waals surface area contributed by atoms with Gasteiger partial charge in [-0.2, -0.15) is 0 Å². The third kappa shape index (κ3) is 4.59. The van der Waals surface area contributed by atoms with Crippen LogP contribution in [0.1, 0.15) is 43.0 Å². The molecule has 2 aromatic carbocycles. The van der Waals surface area contributed by atoms with Crippen LogP contribution in [0.5, 0.6) is 0 Å². The molecular weight excluding hydrogens is 417 g/mol. The van der Waals surface area contributed by atoms with Gasteiger partial charge in [-0.15, -0.1) is 0 Å². The molecule has 3 aliphatic heterocycles. The maximum absolute atomic E-state index is 14.6. The van der Waals surface area contributed by atoms with Gasteiger partial charge in [0.2, 0.25) is 0 Å². The first kappa shape index (κ1) is 22.2. The molecule has 0 saturated carbocycles. The summed E-state index contributed by atoms with van der Waals surface area (Å²) in [5.41, 5.74) is 6.50. The van der Waals surface area contributed by atoms with Gasteiger partial charge in [0, 0.05) is 43.3 Å². The fourth-order valence-electron chi connectivity index (χ4n) is 5.29. The summed E-state index contributed by atoms with van der Waals surface area (Å²) in [5.74, 6) is -0.184. The lowest BCUT2D eigenvalue weighted by molar-refractivity contribution is 0.0641. The SMILES string of the molecule is C=C(c1ccc2c(c1)C(C)(C)CC(c1cc(F)cc(N3CCOCC3)c1)N2)N1CCOCC1. The maximum atomic E-state index is 14.6. The maximum Gasteiger partial charge on any atom is 0.125 e. The van der Waals surface area contributed by atoms with Crippen molar-refractivity contribution in [3.63, 3.8) is 0 Å². The van der Waals surface area contributed by atoms with Gasteiger partial charge in [0.25, 0.3) is 0 Å². The molecule has 0 radical (unpaired) electrons. The molecule has 2 saturated heterocycles. The molecule has 2 aromatic rings. The molecule has 1 N–H and O–H groups in total. The van der Waals surface area contributed by atoms with Crippen LogP contribution < -0.4 is 10.2 Å². The molecule has 0 spiro atoms. The molecule has 0 aromatic heterocycles. The Hall–Kier alpha value is -2.57. The molecular formula is C27H34FN3O2. The molecule has 3 heterocycles. The van der Waals surface area contributed by atoms with E-state index >= 15 is 0 Å². The molecule has 33 heavy (non-hydrogen) atoms. The van der Waals surface area contributed by atoms with E-state index in [1.807, 2.05) is 0 Å². The quantitative estimate of drug-likeness (QED) is 0.723. The van der Waals surface area contributed by atoms with Crippen molar-refractivity contribution < 1.29 is 13.9 Å². The zero-order chi connectivity index (χ0) is 23.0. The first-order valence-electron chi connectivity index (χ1n) is 12.0. The van der Waals surface area contributed by atoms with Crippen LogP contribution in [0, 0.1) is 5.82 Å². The van der Waals surface area contributed by atoms with Gasteiger partial charge in [0.15, 0.2) is 0 Å². The molecule has 6 heteroatoms. The Morgan fingerprint density at radius 2 is 1.70 bits per heavy atom. The molecule has 0 bridgehead atoms. The summed E-state index contributed by atoms with van der Waals surface area (Å²) in [6.45, 7) is 15.2. The van der Waals surface area contributed by atoms with Crippen molar-refractivity contribution in [1.82, 2.24) is 4.90 Å². The molecule has 3 aliphatic rings. The van der Waals surface area contributed by atoms with E-state index < -0.39 is 0 Å². The van der Waals surface area contributed by atoms with E-state index in [9.17, 15) is 4.39 Å². The highest BCUT2D eigenvalue weighted by Crippen LogP contribution is 2.45. The first-order valence-corrected chi connectivity index (χ1v) is 12.0. The number of hydrogen-bond acceptors (Lipinski definition) is 5. The van der Waals surface area contributed by atoms with Gasteiger partial charge >= 0.3 is 0 Å². The predicted molar refractivity (Wildman–Crippen MR) is 131 cm³/mol. The second-order valence-electron chi connectivity index (χ2n) is 9.93. The predicted octanol–water partition coefficient (Wildman–Crippen LogP) is 4.80. The Morgan fingerprint density at radius 1 is 1.00 bits per heavy atom. The minimum Gasteiger partial charge on any atom is -0.378 e. The standard InChI is InChI=1S/C27H34FN3O2/c1-19(30-6-10-32-11-7-30)20-4-5-25-24(16-20)27(2,3)18-26(29-25)21-14-22(28)17-23(15-21)31-8-12-33-13-9-31/h4-5,14-17,26,29H,1,6-13,18H2,2-3H3. The van der Waals surface area contributed by atoms with Crippen LogP contribution in [0.2, 0.25) is 0 Å². The van der Waals surface area contributed by atoms with Crippen molar-refractivity contribution in [3.8, 4) is 0 Å². The number of ether oxygens (including phenoxy) is 2. The van der Waals surface area contributed by atoms with Crippen LogP contribution >= 0.6 is 0 Å². The highest BCUT2D eigenvalue weighted by molar-refractivity contribution is 5.69. The van der Waals surface area contributed by atoms with Crippen LogP contribution in [0.25, 0.3) is 5.70 Å². The first-order chi connectivity index (χ1) is 15.9. The number of hydrogen-bond donors (Lipinski definition) is 1. The van der Waals surface area contributed by atoms with Gasteiger partial charge in [-0.05, 0) is 58.9 Å². The van der Waals surface area contributed by atoms with Crippen molar-refractivity contribution in [1.29, 1.82) is 0 Å². The summed E-state index contributed by atoms with van der Waals surface area (Å²) >= 11 is 0. The van der Waals surface area contributed by atoms with Crippen molar-refractivity contribution in [3.05, 3.63) is 65.5 Å². The Kier molecular flexibility index (Phi) is 6.06. The van der Waals surface area contributed by atoms with Crippen molar-refractivity contribution >= 4 is 17.1 Å². The van der Waals surface area contributed by atoms with Crippen LogP contribution in [-0.4, -0.2) is 57.5 Å². The lowest BCUT2D eigenvalue weighted by atomic mass is 9.73. The molecule has 0 aliphatic carbocycles. The summed E-state index contributed by atoms with van der Waals surface area (Å²) in [7, 11) is 0. The summed E-state index contributed by atoms with van der Waals surface area (Å²) in [6, 6.07) is 12.1. The topological polar surface area (TPSA) is 37.0 Å². The van der Waals surface area contributed by atoms with Crippen LogP contribution in [0.3, 0.4) is 0 Å². The Balaban J connectivity index is 1.41. The number of anilines is 2. The zero-order valence-corrected chi connectivity index (χ0v) is 19.7. The third-order valence-corrected chi connectivity index (χ3v) is 7.20. The molecule has 176 valence electrons. The molecule has 5 rings (SSSR count). The monoisotopic (exact) mass is 451 g/mol. The van der Waals surface area contributed by atoms with Crippen molar-refractivity contribution in [2.45, 2.75) is 31.7 Å². The van der Waals surface area contributed by atoms with E-state index in [-0.39, 0.29) is 17.3 Å². The fourth-order valence-corrected chi connectivity index (χ4v) is 5.29. The largest absolute Gasteiger partial charge is 0.378 e. The molecule has 0 amide bonds. The lowest BCUT2D eigenvalue weighted by Gasteiger charge is -2.40. The fraction of sp³-hybridized carbons (Fsp3) is 0.481. The van der Waals surface area contributed by atoms with E-state index in [0.29, 0.717) is 13.2 Å². The van der Waals surface area contributed by atoms with Gasteiger partial charge in [0.1, 0.15) is 5.82 Å². The van der Waals surface area contributed by atoms with E-state index in [2.05, 4.69) is 59.8 Å². The van der Waals surface area contributed by atoms with Gasteiger partial charge in [-0.3, -0.25) is 0 Å². The Labute approximate surface area is 196 Å². The minimum atomic E-state index is -0.184. The van der Waals surface area contributed by atoms with Crippen LogP contribution in [0.4, 0.5) is 15.8 Å². The van der Waals surface area contributed by atoms with Crippen molar-refractivity contribution in [2.24, 2.45) is 0 Å². The van der Waals surface area contributed by atoms with E-state index in [4.69, 9.17) is 9.47 Å². The number of fused-ring (bicyclic) bond motifs is 1. The van der Waals surface area contributed by atoms with Gasteiger partial charge in [-0.25, -0.2) is 4.39 Å². The number of morpholine rings is 2. The molecule has 2 fully saturated rings. The average Bonchev–Trinajstić information content (AvgIpc) is 2.84. The van der Waals surface area contributed by atoms with Gasteiger partial charge in [0.05, 0.1) is 32.5 Å². The average molecular weight is 452 g/mol. The minimum absolute atomic E-state index is 0.0521. The number of rotatable bonds is 4. The summed E-state index contributed by atoms with van der Waals surface area (Å²) in [4.78, 5) is 4.51. The highest BCUT2D eigenvalue weighted by atomic mass is 19.1. The van der Waals surface area contributed by atoms with E-state index in [1.165, 1.54) is 5.56 Å². The number of halogens is 1. The second-order valence-corrected chi connectivity index (χ2v) is 9.93. The highest BCUT2D eigenvalue weighted by Gasteiger charge is 2.34. The summed E-state index contributed by atoms with van der Waals surface area (Å²) in [6.07, 6.45) is 0.888.